The minimum absolute atomic E-state index is 0.0414. The summed E-state index contributed by atoms with van der Waals surface area (Å²) in [4.78, 5) is 56.4. The van der Waals surface area contributed by atoms with Crippen LogP contribution in [0, 0.1) is 28.4 Å². The lowest BCUT2D eigenvalue weighted by Crippen LogP contribution is -2.68. The summed E-state index contributed by atoms with van der Waals surface area (Å²) in [6.07, 6.45) is 1.60. The number of carbonyl (C=O) groups excluding carboxylic acids is 4. The van der Waals surface area contributed by atoms with Crippen LogP contribution in [0.15, 0.2) is 41.6 Å². The van der Waals surface area contributed by atoms with Gasteiger partial charge in [0.1, 0.15) is 23.2 Å². The largest absolute Gasteiger partial charge is 0.410 e. The first-order chi connectivity index (χ1) is 25.1. The fourth-order valence-electron chi connectivity index (χ4n) is 8.18. The van der Waals surface area contributed by atoms with Crippen molar-refractivity contribution in [2.24, 2.45) is 16.5 Å². The molecule has 53 heavy (non-hydrogen) atoms. The van der Waals surface area contributed by atoms with E-state index in [4.69, 9.17) is 5.41 Å². The van der Waals surface area contributed by atoms with Crippen LogP contribution >= 0.6 is 0 Å². The maximum absolute atomic E-state index is 15.0. The number of halogens is 4. The van der Waals surface area contributed by atoms with Crippen molar-refractivity contribution in [2.75, 3.05) is 18.4 Å². The van der Waals surface area contributed by atoms with Gasteiger partial charge in [-0.25, -0.2) is 22.4 Å². The number of anilines is 1. The Hall–Kier alpha value is -5.02. The number of hydrogen-bond donors (Lipinski definition) is 6. The van der Waals surface area contributed by atoms with Crippen molar-refractivity contribution in [1.82, 2.24) is 20.9 Å². The SMILES string of the molecule is CC(=N)C(=NO)C(=O)N[C@H](C(=O)Nc1ccc2c(c1)CC(C(=O)NC1(c3cc(F)ccc3F)CC1)(N1CC3(CC3)CNC1=O)C2)C1CCC(F)(F)CC1. The van der Waals surface area contributed by atoms with Gasteiger partial charge in [-0.2, -0.15) is 0 Å². The van der Waals surface area contributed by atoms with Crippen molar-refractivity contribution in [1.29, 1.82) is 5.41 Å². The van der Waals surface area contributed by atoms with Crippen LogP contribution in [0.3, 0.4) is 0 Å². The molecule has 2 aromatic rings. The van der Waals surface area contributed by atoms with Crippen LogP contribution in [-0.4, -0.2) is 75.9 Å². The molecule has 282 valence electrons. The zero-order chi connectivity index (χ0) is 37.9. The number of oxime groups is 1. The summed E-state index contributed by atoms with van der Waals surface area (Å²) in [5, 5.41) is 31.1. The molecule has 7 rings (SSSR count). The van der Waals surface area contributed by atoms with Crippen LogP contribution in [0.1, 0.15) is 75.0 Å². The highest BCUT2D eigenvalue weighted by Gasteiger charge is 2.59. The molecule has 2 atom stereocenters. The van der Waals surface area contributed by atoms with Crippen LogP contribution in [0.2, 0.25) is 0 Å². The number of carbonyl (C=O) groups is 4. The van der Waals surface area contributed by atoms with Crippen LogP contribution in [0.25, 0.3) is 0 Å². The van der Waals surface area contributed by atoms with E-state index >= 15 is 0 Å². The monoisotopic (exact) mass is 739 g/mol. The minimum atomic E-state index is -2.90. The van der Waals surface area contributed by atoms with E-state index in [1.807, 2.05) is 0 Å². The molecule has 2 aromatic carbocycles. The Labute approximate surface area is 302 Å². The topological polar surface area (TPSA) is 176 Å². The van der Waals surface area contributed by atoms with Crippen molar-refractivity contribution < 1.29 is 41.9 Å². The molecule has 0 radical (unpaired) electrons. The van der Waals surface area contributed by atoms with Gasteiger partial charge in [-0.05, 0) is 92.8 Å². The fraction of sp³-hybridized carbons (Fsp3) is 0.514. The van der Waals surface area contributed by atoms with Crippen molar-refractivity contribution in [3.8, 4) is 0 Å². The molecule has 1 aliphatic heterocycles. The molecular formula is C37H41F4N7O5. The van der Waals surface area contributed by atoms with Crippen LogP contribution in [0.4, 0.5) is 28.0 Å². The first-order valence-corrected chi connectivity index (χ1v) is 17.8. The van der Waals surface area contributed by atoms with Gasteiger partial charge < -0.3 is 36.8 Å². The average molecular weight is 740 g/mol. The minimum Gasteiger partial charge on any atom is -0.410 e. The molecule has 5 amide bonds. The highest BCUT2D eigenvalue weighted by atomic mass is 19.3. The number of alkyl halides is 2. The van der Waals surface area contributed by atoms with Gasteiger partial charge in [0.2, 0.25) is 17.7 Å². The molecule has 0 aromatic heterocycles. The lowest BCUT2D eigenvalue weighted by molar-refractivity contribution is -0.133. The second kappa shape index (κ2) is 13.1. The van der Waals surface area contributed by atoms with Gasteiger partial charge in [-0.15, -0.1) is 0 Å². The Balaban J connectivity index is 1.16. The highest BCUT2D eigenvalue weighted by molar-refractivity contribution is 6.65. The second-order valence-electron chi connectivity index (χ2n) is 15.5. The summed E-state index contributed by atoms with van der Waals surface area (Å²) in [5.41, 5.74) is -2.02. The van der Waals surface area contributed by atoms with E-state index in [0.29, 0.717) is 31.5 Å². The molecule has 6 N–H and O–H groups in total. The smallest absolute Gasteiger partial charge is 0.318 e. The number of nitrogens with zero attached hydrogens (tertiary/aromatic N) is 2. The predicted octanol–water partition coefficient (Wildman–Crippen LogP) is 4.53. The normalized spacial score (nSPS) is 24.4. The molecular weight excluding hydrogens is 698 g/mol. The molecule has 4 aliphatic carbocycles. The van der Waals surface area contributed by atoms with E-state index in [2.05, 4.69) is 26.4 Å². The van der Waals surface area contributed by atoms with E-state index in [0.717, 1.165) is 36.6 Å². The van der Waals surface area contributed by atoms with Crippen LogP contribution in [0.5, 0.6) is 0 Å². The average Bonchev–Trinajstić information content (AvgIpc) is 4.02. The maximum atomic E-state index is 15.0. The molecule has 0 bridgehead atoms. The molecule has 5 aliphatic rings. The number of benzene rings is 2. The van der Waals surface area contributed by atoms with E-state index in [1.165, 1.54) is 6.92 Å². The number of fused-ring (bicyclic) bond motifs is 1. The summed E-state index contributed by atoms with van der Waals surface area (Å²) in [6.45, 7) is 2.04. The molecule has 12 nitrogen and oxygen atoms in total. The summed E-state index contributed by atoms with van der Waals surface area (Å²) in [5.74, 6) is -7.10. The molecule has 16 heteroatoms. The Morgan fingerprint density at radius 1 is 1.00 bits per heavy atom. The van der Waals surface area contributed by atoms with Gasteiger partial charge in [0, 0.05) is 55.4 Å². The zero-order valence-corrected chi connectivity index (χ0v) is 29.1. The van der Waals surface area contributed by atoms with Crippen LogP contribution < -0.4 is 21.3 Å². The fourth-order valence-corrected chi connectivity index (χ4v) is 8.18. The maximum Gasteiger partial charge on any atom is 0.318 e. The third-order valence-corrected chi connectivity index (χ3v) is 11.7. The molecule has 1 saturated heterocycles. The quantitative estimate of drug-likeness (QED) is 0.0907. The first kappa shape index (κ1) is 36.3. The Bertz CT molecular complexity index is 1920. The molecule has 1 unspecified atom stereocenters. The summed E-state index contributed by atoms with van der Waals surface area (Å²) >= 11 is 0. The van der Waals surface area contributed by atoms with Crippen molar-refractivity contribution in [3.63, 3.8) is 0 Å². The predicted molar refractivity (Wildman–Crippen MR) is 184 cm³/mol. The van der Waals surface area contributed by atoms with E-state index < -0.39 is 82.9 Å². The molecule has 1 heterocycles. The highest BCUT2D eigenvalue weighted by Crippen LogP contribution is 2.51. The Morgan fingerprint density at radius 3 is 2.34 bits per heavy atom. The van der Waals surface area contributed by atoms with Crippen molar-refractivity contribution in [3.05, 3.63) is 64.7 Å². The summed E-state index contributed by atoms with van der Waals surface area (Å²) < 4.78 is 57.3. The van der Waals surface area contributed by atoms with Gasteiger partial charge in [0.25, 0.3) is 5.91 Å². The number of amides is 5. The third kappa shape index (κ3) is 6.95. The van der Waals surface area contributed by atoms with Gasteiger partial charge >= 0.3 is 6.03 Å². The van der Waals surface area contributed by atoms with Gasteiger partial charge in [0.15, 0.2) is 5.71 Å². The Morgan fingerprint density at radius 2 is 1.70 bits per heavy atom. The summed E-state index contributed by atoms with van der Waals surface area (Å²) in [6, 6.07) is 6.38. The number of rotatable bonds is 10. The lowest BCUT2D eigenvalue weighted by Gasteiger charge is -2.45. The van der Waals surface area contributed by atoms with E-state index in [9.17, 15) is 41.9 Å². The first-order valence-electron chi connectivity index (χ1n) is 17.8. The lowest BCUT2D eigenvalue weighted by atomic mass is 9.81. The number of urea groups is 1. The Kier molecular flexibility index (Phi) is 9.00. The van der Waals surface area contributed by atoms with Gasteiger partial charge in [0.05, 0.1) is 11.3 Å². The van der Waals surface area contributed by atoms with Gasteiger partial charge in [-0.1, -0.05) is 11.2 Å². The van der Waals surface area contributed by atoms with Gasteiger partial charge in [-0.3, -0.25) is 14.4 Å². The number of hydrogen-bond acceptors (Lipinski definition) is 7. The molecule has 3 saturated carbocycles. The standard InChI is InChI=1S/C37H41F4N7O5/c1-20(42)28(47-53)30(49)45-29(21-6-8-37(40,41)9-7-21)31(50)44-25-4-2-22-16-36(17-23(22)14-25,48-19-34(10-11-34)18-43-33(48)52)32(51)46-35(12-13-35)26-15-24(38)3-5-27(26)39/h2-5,14-15,21,29,42,53H,6-13,16-19H2,1H3,(H,43,52)(H,44,50)(H,45,49)(H,46,51)/t29-,36?/m0/s1. The summed E-state index contributed by atoms with van der Waals surface area (Å²) in [7, 11) is 0. The van der Waals surface area contributed by atoms with Crippen molar-refractivity contribution in [2.45, 2.75) is 94.2 Å². The van der Waals surface area contributed by atoms with E-state index in [-0.39, 0.29) is 48.1 Å². The second-order valence-corrected chi connectivity index (χ2v) is 15.5. The number of nitrogens with one attached hydrogen (secondary N) is 5. The molecule has 1 spiro atoms. The van der Waals surface area contributed by atoms with E-state index in [1.54, 1.807) is 23.1 Å². The third-order valence-electron chi connectivity index (χ3n) is 11.7. The van der Waals surface area contributed by atoms with Crippen molar-refractivity contribution >= 4 is 40.9 Å². The zero-order valence-electron chi connectivity index (χ0n) is 29.1. The molecule has 4 fully saturated rings. The van der Waals surface area contributed by atoms with Crippen LogP contribution in [-0.2, 0) is 32.8 Å².